The predicted octanol–water partition coefficient (Wildman–Crippen LogP) is 3.11. The van der Waals surface area contributed by atoms with Crippen LogP contribution in [0.5, 0.6) is 0 Å². The summed E-state index contributed by atoms with van der Waals surface area (Å²) in [6, 6.07) is 0. The van der Waals surface area contributed by atoms with Gasteiger partial charge < -0.3 is 4.74 Å². The summed E-state index contributed by atoms with van der Waals surface area (Å²) in [4.78, 5) is 4.02. The van der Waals surface area contributed by atoms with E-state index in [9.17, 15) is 0 Å². The van der Waals surface area contributed by atoms with Crippen molar-refractivity contribution in [1.82, 2.24) is 0 Å². The van der Waals surface area contributed by atoms with E-state index in [1.807, 2.05) is 13.1 Å². The van der Waals surface area contributed by atoms with Crippen LogP contribution in [0.4, 0.5) is 0 Å². The molecule has 0 radical (unpaired) electrons. The third kappa shape index (κ3) is 2.14. The molecule has 2 heteroatoms. The maximum atomic E-state index is 5.90. The number of aliphatic imine (C=N–C) groups is 1. The quantitative estimate of drug-likeness (QED) is 0.603. The average molecular weight is 205 g/mol. The van der Waals surface area contributed by atoms with Crippen molar-refractivity contribution in [2.75, 3.05) is 13.7 Å². The van der Waals surface area contributed by atoms with Crippen LogP contribution in [-0.2, 0) is 4.74 Å². The van der Waals surface area contributed by atoms with E-state index in [-0.39, 0.29) is 0 Å². The smallest absolute Gasteiger partial charge is 0.126 e. The van der Waals surface area contributed by atoms with Crippen LogP contribution >= 0.6 is 0 Å². The van der Waals surface area contributed by atoms with E-state index in [0.717, 1.165) is 29.9 Å². The van der Waals surface area contributed by atoms with Gasteiger partial charge >= 0.3 is 0 Å². The highest BCUT2D eigenvalue weighted by atomic mass is 16.5. The van der Waals surface area contributed by atoms with Gasteiger partial charge in [0, 0.05) is 24.3 Å². The average Bonchev–Trinajstić information content (AvgIpc) is 2.98. The zero-order chi connectivity index (χ0) is 10.9. The van der Waals surface area contributed by atoms with Crippen molar-refractivity contribution in [3.8, 4) is 0 Å². The minimum atomic E-state index is 0.494. The minimum absolute atomic E-state index is 0.494. The second kappa shape index (κ2) is 3.84. The summed E-state index contributed by atoms with van der Waals surface area (Å²) in [5, 5.41) is 0. The standard InChI is InChI=1S/C13H19NO/c1-10-4-5-13(6-7-13)9-15-12(10)11(2)8-14-3/h8H,1,4-7,9H2,2-3H3/b12-11+,14-8?. The molecule has 0 aromatic heterocycles. The van der Waals surface area contributed by atoms with E-state index in [2.05, 4.69) is 11.6 Å². The van der Waals surface area contributed by atoms with Crippen LogP contribution in [0.1, 0.15) is 32.6 Å². The van der Waals surface area contributed by atoms with Crippen molar-refractivity contribution in [2.45, 2.75) is 32.6 Å². The molecule has 0 unspecified atom stereocenters. The summed E-state index contributed by atoms with van der Waals surface area (Å²) in [7, 11) is 1.78. The Bertz CT molecular complexity index is 334. The lowest BCUT2D eigenvalue weighted by molar-refractivity contribution is 0.167. The van der Waals surface area contributed by atoms with Crippen LogP contribution in [0.2, 0.25) is 0 Å². The normalized spacial score (nSPS) is 27.7. The van der Waals surface area contributed by atoms with E-state index in [1.165, 1.54) is 19.3 Å². The molecule has 2 fully saturated rings. The van der Waals surface area contributed by atoms with Gasteiger partial charge in [-0.25, -0.2) is 0 Å². The largest absolute Gasteiger partial charge is 0.492 e. The Hall–Kier alpha value is -1.05. The van der Waals surface area contributed by atoms with Crippen molar-refractivity contribution in [1.29, 1.82) is 0 Å². The van der Waals surface area contributed by atoms with Gasteiger partial charge in [0.1, 0.15) is 5.76 Å². The molecule has 0 N–H and O–H groups in total. The van der Waals surface area contributed by atoms with Crippen LogP contribution in [0.25, 0.3) is 0 Å². The third-order valence-electron chi connectivity index (χ3n) is 3.44. The Morgan fingerprint density at radius 3 is 2.80 bits per heavy atom. The summed E-state index contributed by atoms with van der Waals surface area (Å²) in [5.74, 6) is 0.976. The van der Waals surface area contributed by atoms with Gasteiger partial charge in [0.15, 0.2) is 0 Å². The molecule has 2 nitrogen and oxygen atoms in total. The number of hydrogen-bond donors (Lipinski definition) is 0. The summed E-state index contributed by atoms with van der Waals surface area (Å²) < 4.78 is 5.90. The van der Waals surface area contributed by atoms with Crippen molar-refractivity contribution in [3.05, 3.63) is 23.5 Å². The number of rotatable bonds is 1. The zero-order valence-corrected chi connectivity index (χ0v) is 9.68. The molecule has 82 valence electrons. The topological polar surface area (TPSA) is 21.6 Å². The first-order valence-corrected chi connectivity index (χ1v) is 5.61. The lowest BCUT2D eigenvalue weighted by atomic mass is 9.99. The second-order valence-electron chi connectivity index (χ2n) is 4.79. The van der Waals surface area contributed by atoms with E-state index in [1.54, 1.807) is 7.05 Å². The van der Waals surface area contributed by atoms with Gasteiger partial charge in [0.2, 0.25) is 0 Å². The molecule has 1 heterocycles. The Morgan fingerprint density at radius 1 is 1.47 bits per heavy atom. The molecule has 0 atom stereocenters. The van der Waals surface area contributed by atoms with Gasteiger partial charge in [-0.1, -0.05) is 6.58 Å². The Morgan fingerprint density at radius 2 is 2.20 bits per heavy atom. The molecule has 1 saturated carbocycles. The minimum Gasteiger partial charge on any atom is -0.492 e. The van der Waals surface area contributed by atoms with Crippen LogP contribution in [0.15, 0.2) is 28.5 Å². The number of hydrogen-bond acceptors (Lipinski definition) is 2. The fourth-order valence-corrected chi connectivity index (χ4v) is 2.15. The van der Waals surface area contributed by atoms with Gasteiger partial charge in [-0.15, -0.1) is 0 Å². The Balaban J connectivity index is 2.18. The monoisotopic (exact) mass is 205 g/mol. The lowest BCUT2D eigenvalue weighted by Gasteiger charge is -2.12. The Labute approximate surface area is 91.7 Å². The molecular formula is C13H19NO. The molecule has 2 aliphatic rings. The van der Waals surface area contributed by atoms with Crippen molar-refractivity contribution < 1.29 is 4.74 Å². The number of allylic oxidation sites excluding steroid dienone is 2. The number of nitrogens with zero attached hydrogens (tertiary/aromatic N) is 1. The zero-order valence-electron chi connectivity index (χ0n) is 9.68. The summed E-state index contributed by atoms with van der Waals surface area (Å²) in [6.07, 6.45) is 6.82. The van der Waals surface area contributed by atoms with Gasteiger partial charge in [-0.2, -0.15) is 0 Å². The van der Waals surface area contributed by atoms with Gasteiger partial charge in [-0.05, 0) is 38.2 Å². The summed E-state index contributed by atoms with van der Waals surface area (Å²) in [5.41, 5.74) is 2.73. The van der Waals surface area contributed by atoms with Crippen LogP contribution in [-0.4, -0.2) is 19.9 Å². The molecule has 0 aromatic carbocycles. The molecule has 2 rings (SSSR count). The SMILES string of the molecule is C=C1CCC2(CC2)CO/C1=C(\C)C=NC. The summed E-state index contributed by atoms with van der Waals surface area (Å²) in [6.45, 7) is 7.02. The lowest BCUT2D eigenvalue weighted by Crippen LogP contribution is -2.06. The van der Waals surface area contributed by atoms with Crippen molar-refractivity contribution in [3.63, 3.8) is 0 Å². The van der Waals surface area contributed by atoms with E-state index >= 15 is 0 Å². The van der Waals surface area contributed by atoms with Crippen molar-refractivity contribution >= 4 is 6.21 Å². The fraction of sp³-hybridized carbons (Fsp3) is 0.615. The highest BCUT2D eigenvalue weighted by Gasteiger charge is 2.44. The maximum absolute atomic E-state index is 5.90. The first-order chi connectivity index (χ1) is 7.17. The summed E-state index contributed by atoms with van der Waals surface area (Å²) >= 11 is 0. The van der Waals surface area contributed by atoms with Crippen LogP contribution in [0, 0.1) is 5.41 Å². The molecule has 1 saturated heterocycles. The number of ether oxygens (including phenoxy) is 1. The van der Waals surface area contributed by atoms with Crippen molar-refractivity contribution in [2.24, 2.45) is 10.4 Å². The molecule has 1 aliphatic heterocycles. The first-order valence-electron chi connectivity index (χ1n) is 5.61. The first kappa shape index (κ1) is 10.5. The predicted molar refractivity (Wildman–Crippen MR) is 63.1 cm³/mol. The third-order valence-corrected chi connectivity index (χ3v) is 3.44. The van der Waals surface area contributed by atoms with Crippen LogP contribution < -0.4 is 0 Å². The molecule has 1 spiro atoms. The van der Waals surface area contributed by atoms with Gasteiger partial charge in [0.25, 0.3) is 0 Å². The molecule has 0 aromatic rings. The van der Waals surface area contributed by atoms with Gasteiger partial charge in [-0.3, -0.25) is 4.99 Å². The van der Waals surface area contributed by atoms with E-state index in [4.69, 9.17) is 4.74 Å². The highest BCUT2D eigenvalue weighted by Crippen LogP contribution is 2.52. The second-order valence-corrected chi connectivity index (χ2v) is 4.79. The molecule has 0 amide bonds. The van der Waals surface area contributed by atoms with E-state index in [0.29, 0.717) is 5.41 Å². The molecule has 15 heavy (non-hydrogen) atoms. The maximum Gasteiger partial charge on any atom is 0.126 e. The molecule has 1 aliphatic carbocycles. The highest BCUT2D eigenvalue weighted by molar-refractivity contribution is 5.79. The Kier molecular flexibility index (Phi) is 2.68. The van der Waals surface area contributed by atoms with Gasteiger partial charge in [0.05, 0.1) is 6.61 Å². The van der Waals surface area contributed by atoms with Crippen LogP contribution in [0.3, 0.4) is 0 Å². The molecule has 0 bridgehead atoms. The van der Waals surface area contributed by atoms with E-state index < -0.39 is 0 Å². The molecular weight excluding hydrogens is 186 g/mol. The fourth-order valence-electron chi connectivity index (χ4n) is 2.15.